The van der Waals surface area contributed by atoms with Crippen LogP contribution in [0.1, 0.15) is 54.4 Å². The standard InChI is InChI=1S/C13H27ClO2/c1-11(9-13(5,6)7-8-14)10-15-16-12(2,3)4/h11H,7-10H2,1-6H3. The van der Waals surface area contributed by atoms with Crippen molar-refractivity contribution in [3.8, 4) is 0 Å². The molecule has 98 valence electrons. The monoisotopic (exact) mass is 250 g/mol. The molecule has 0 saturated carbocycles. The van der Waals surface area contributed by atoms with Crippen molar-refractivity contribution < 1.29 is 9.78 Å². The smallest absolute Gasteiger partial charge is 0.0952 e. The third-order valence-corrected chi connectivity index (χ3v) is 2.52. The van der Waals surface area contributed by atoms with Crippen LogP contribution >= 0.6 is 11.6 Å². The molecule has 0 aliphatic rings. The normalized spacial score (nSPS) is 15.2. The zero-order valence-electron chi connectivity index (χ0n) is 11.6. The SMILES string of the molecule is CC(COOC(C)(C)C)CC(C)(C)CCCl. The molecule has 0 rings (SSSR count). The highest BCUT2D eigenvalue weighted by atomic mass is 35.5. The lowest BCUT2D eigenvalue weighted by atomic mass is 9.81. The summed E-state index contributed by atoms with van der Waals surface area (Å²) in [6.07, 6.45) is 2.15. The van der Waals surface area contributed by atoms with Gasteiger partial charge in [0, 0.05) is 5.88 Å². The second-order valence-corrected chi connectivity index (χ2v) is 6.77. The minimum absolute atomic E-state index is 0.231. The Morgan fingerprint density at radius 1 is 1.12 bits per heavy atom. The maximum absolute atomic E-state index is 5.78. The fourth-order valence-electron chi connectivity index (χ4n) is 1.69. The zero-order valence-corrected chi connectivity index (χ0v) is 12.4. The van der Waals surface area contributed by atoms with Crippen molar-refractivity contribution in [2.75, 3.05) is 12.5 Å². The van der Waals surface area contributed by atoms with E-state index in [1.807, 2.05) is 20.8 Å². The van der Waals surface area contributed by atoms with E-state index in [0.717, 1.165) is 18.7 Å². The van der Waals surface area contributed by atoms with Crippen molar-refractivity contribution in [1.82, 2.24) is 0 Å². The lowest BCUT2D eigenvalue weighted by Gasteiger charge is -2.27. The van der Waals surface area contributed by atoms with Crippen LogP contribution in [0.4, 0.5) is 0 Å². The predicted octanol–water partition coefficient (Wildman–Crippen LogP) is 4.41. The van der Waals surface area contributed by atoms with Gasteiger partial charge in [-0.15, -0.1) is 11.6 Å². The fourth-order valence-corrected chi connectivity index (χ4v) is 2.20. The molecule has 1 unspecified atom stereocenters. The van der Waals surface area contributed by atoms with Gasteiger partial charge >= 0.3 is 0 Å². The number of hydrogen-bond donors (Lipinski definition) is 0. The van der Waals surface area contributed by atoms with Crippen LogP contribution in [0.3, 0.4) is 0 Å². The molecule has 0 aliphatic heterocycles. The van der Waals surface area contributed by atoms with Crippen molar-refractivity contribution in [1.29, 1.82) is 0 Å². The van der Waals surface area contributed by atoms with Crippen LogP contribution in [0.15, 0.2) is 0 Å². The van der Waals surface area contributed by atoms with Gasteiger partial charge in [0.05, 0.1) is 12.2 Å². The largest absolute Gasteiger partial charge is 0.236 e. The first-order valence-electron chi connectivity index (χ1n) is 6.03. The van der Waals surface area contributed by atoms with Crippen molar-refractivity contribution in [2.45, 2.75) is 60.0 Å². The molecule has 0 spiro atoms. The highest BCUT2D eigenvalue weighted by Gasteiger charge is 2.21. The van der Waals surface area contributed by atoms with E-state index in [9.17, 15) is 0 Å². The van der Waals surface area contributed by atoms with Gasteiger partial charge in [-0.25, -0.2) is 9.78 Å². The van der Waals surface area contributed by atoms with E-state index < -0.39 is 0 Å². The average Bonchev–Trinajstić information content (AvgIpc) is 1.99. The summed E-state index contributed by atoms with van der Waals surface area (Å²) in [6.45, 7) is 13.3. The van der Waals surface area contributed by atoms with Crippen LogP contribution < -0.4 is 0 Å². The number of hydrogen-bond acceptors (Lipinski definition) is 2. The first-order chi connectivity index (χ1) is 7.16. The minimum Gasteiger partial charge on any atom is -0.236 e. The quantitative estimate of drug-likeness (QED) is 0.378. The Morgan fingerprint density at radius 2 is 1.69 bits per heavy atom. The highest BCUT2D eigenvalue weighted by molar-refractivity contribution is 6.17. The van der Waals surface area contributed by atoms with E-state index in [4.69, 9.17) is 21.4 Å². The molecule has 0 radical (unpaired) electrons. The van der Waals surface area contributed by atoms with Crippen molar-refractivity contribution >= 4 is 11.6 Å². The summed E-state index contributed by atoms with van der Waals surface area (Å²) < 4.78 is 0. The van der Waals surface area contributed by atoms with E-state index in [1.54, 1.807) is 0 Å². The first kappa shape index (κ1) is 16.2. The average molecular weight is 251 g/mol. The summed E-state index contributed by atoms with van der Waals surface area (Å²) in [7, 11) is 0. The molecule has 0 N–H and O–H groups in total. The zero-order chi connectivity index (χ0) is 12.8. The Labute approximate surface area is 106 Å². The molecule has 0 bridgehead atoms. The molecule has 0 amide bonds. The second kappa shape index (κ2) is 6.83. The highest BCUT2D eigenvalue weighted by Crippen LogP contribution is 2.29. The van der Waals surface area contributed by atoms with Gasteiger partial charge in [0.15, 0.2) is 0 Å². The summed E-state index contributed by atoms with van der Waals surface area (Å²) in [6, 6.07) is 0. The van der Waals surface area contributed by atoms with Crippen LogP contribution in [0.5, 0.6) is 0 Å². The maximum Gasteiger partial charge on any atom is 0.0952 e. The molecule has 16 heavy (non-hydrogen) atoms. The maximum atomic E-state index is 5.78. The minimum atomic E-state index is -0.231. The van der Waals surface area contributed by atoms with Crippen LogP contribution in [-0.4, -0.2) is 18.1 Å². The molecule has 0 aromatic rings. The van der Waals surface area contributed by atoms with Crippen molar-refractivity contribution in [3.63, 3.8) is 0 Å². The molecule has 0 saturated heterocycles. The molecule has 0 aliphatic carbocycles. The van der Waals surface area contributed by atoms with Gasteiger partial charge in [0.2, 0.25) is 0 Å². The van der Waals surface area contributed by atoms with E-state index in [2.05, 4.69) is 20.8 Å². The molecule has 0 aromatic heterocycles. The van der Waals surface area contributed by atoms with Gasteiger partial charge < -0.3 is 0 Å². The first-order valence-corrected chi connectivity index (χ1v) is 6.56. The lowest BCUT2D eigenvalue weighted by Crippen LogP contribution is -2.23. The Hall–Kier alpha value is 0.210. The van der Waals surface area contributed by atoms with Gasteiger partial charge in [-0.3, -0.25) is 0 Å². The van der Waals surface area contributed by atoms with Gasteiger partial charge in [-0.05, 0) is 44.9 Å². The molecular weight excluding hydrogens is 224 g/mol. The van der Waals surface area contributed by atoms with Gasteiger partial charge in [-0.2, -0.15) is 0 Å². The third-order valence-electron chi connectivity index (χ3n) is 2.33. The van der Waals surface area contributed by atoms with Gasteiger partial charge in [0.1, 0.15) is 0 Å². The molecule has 1 atom stereocenters. The Kier molecular flexibility index (Phi) is 6.92. The summed E-state index contributed by atoms with van der Waals surface area (Å²) in [4.78, 5) is 10.5. The summed E-state index contributed by atoms with van der Waals surface area (Å²) >= 11 is 5.78. The van der Waals surface area contributed by atoms with Gasteiger partial charge in [0.25, 0.3) is 0 Å². The third kappa shape index (κ3) is 9.44. The van der Waals surface area contributed by atoms with E-state index in [0.29, 0.717) is 12.5 Å². The molecule has 0 aromatic carbocycles. The topological polar surface area (TPSA) is 18.5 Å². The van der Waals surface area contributed by atoms with Gasteiger partial charge in [-0.1, -0.05) is 20.8 Å². The van der Waals surface area contributed by atoms with E-state index in [1.165, 1.54) is 0 Å². The Balaban J connectivity index is 3.78. The predicted molar refractivity (Wildman–Crippen MR) is 69.7 cm³/mol. The lowest BCUT2D eigenvalue weighted by molar-refractivity contribution is -0.353. The van der Waals surface area contributed by atoms with Crippen molar-refractivity contribution in [3.05, 3.63) is 0 Å². The summed E-state index contributed by atoms with van der Waals surface area (Å²) in [5, 5.41) is 0. The molecular formula is C13H27ClO2. The number of halogens is 1. The van der Waals surface area contributed by atoms with Crippen LogP contribution in [0.25, 0.3) is 0 Å². The molecule has 0 heterocycles. The Morgan fingerprint density at radius 3 is 2.12 bits per heavy atom. The van der Waals surface area contributed by atoms with E-state index in [-0.39, 0.29) is 11.0 Å². The van der Waals surface area contributed by atoms with Crippen LogP contribution in [-0.2, 0) is 9.78 Å². The molecule has 0 fully saturated rings. The number of alkyl halides is 1. The molecule has 3 heteroatoms. The summed E-state index contributed by atoms with van der Waals surface area (Å²) in [5.74, 6) is 1.21. The second-order valence-electron chi connectivity index (χ2n) is 6.39. The van der Waals surface area contributed by atoms with Crippen molar-refractivity contribution in [2.24, 2.45) is 11.3 Å². The van der Waals surface area contributed by atoms with E-state index >= 15 is 0 Å². The van der Waals surface area contributed by atoms with Crippen LogP contribution in [0.2, 0.25) is 0 Å². The number of rotatable bonds is 7. The molecule has 2 nitrogen and oxygen atoms in total. The van der Waals surface area contributed by atoms with Crippen LogP contribution in [0, 0.1) is 11.3 Å². The Bertz CT molecular complexity index is 185. The summed E-state index contributed by atoms with van der Waals surface area (Å²) in [5.41, 5.74) is 0.0532. The fraction of sp³-hybridized carbons (Fsp3) is 1.00.